The van der Waals surface area contributed by atoms with Crippen LogP contribution in [0.1, 0.15) is 21.5 Å². The number of aromatic nitrogens is 2. The van der Waals surface area contributed by atoms with Crippen LogP contribution in [0.5, 0.6) is 5.75 Å². The molecule has 0 spiro atoms. The van der Waals surface area contributed by atoms with Crippen molar-refractivity contribution in [3.8, 4) is 16.9 Å². The van der Waals surface area contributed by atoms with E-state index in [9.17, 15) is 14.3 Å². The molecule has 1 aromatic heterocycles. The molecule has 0 aliphatic rings. The number of nitrogens with zero attached hydrogens (tertiary/aromatic N) is 2. The minimum Gasteiger partial charge on any atom is -0.504 e. The highest BCUT2D eigenvalue weighted by Crippen LogP contribution is 2.23. The minimum absolute atomic E-state index is 0.0680. The van der Waals surface area contributed by atoms with Gasteiger partial charge >= 0.3 is 0 Å². The van der Waals surface area contributed by atoms with Crippen LogP contribution < -0.4 is 0 Å². The molecule has 0 amide bonds. The van der Waals surface area contributed by atoms with Gasteiger partial charge in [0.2, 0.25) is 0 Å². The zero-order valence-corrected chi connectivity index (χ0v) is 13.0. The number of benzene rings is 2. The molecule has 0 saturated carbocycles. The van der Waals surface area contributed by atoms with Crippen LogP contribution in [0.4, 0.5) is 4.39 Å². The summed E-state index contributed by atoms with van der Waals surface area (Å²) in [6.07, 6.45) is 7.66. The molecule has 1 N–H and O–H groups in total. The molecular formula is C19H15FN2O2. The predicted octanol–water partition coefficient (Wildman–Crippen LogP) is 3.91. The predicted molar refractivity (Wildman–Crippen MR) is 91.0 cm³/mol. The van der Waals surface area contributed by atoms with E-state index in [0.717, 1.165) is 16.7 Å². The lowest BCUT2D eigenvalue weighted by molar-refractivity contribution is 0.112. The maximum atomic E-state index is 13.5. The third kappa shape index (κ3) is 3.25. The van der Waals surface area contributed by atoms with Gasteiger partial charge in [-0.1, -0.05) is 36.4 Å². The number of aryl methyl sites for hydroxylation is 1. The molecule has 120 valence electrons. The molecule has 0 aliphatic heterocycles. The minimum atomic E-state index is -0.814. The first-order chi connectivity index (χ1) is 11.6. The van der Waals surface area contributed by atoms with Crippen LogP contribution in [-0.4, -0.2) is 21.2 Å². The van der Waals surface area contributed by atoms with E-state index in [4.69, 9.17) is 0 Å². The lowest BCUT2D eigenvalue weighted by Gasteiger charge is -2.02. The number of phenolic OH excluding ortho intramolecular Hbond substituents is 1. The van der Waals surface area contributed by atoms with Gasteiger partial charge in [-0.3, -0.25) is 9.48 Å². The van der Waals surface area contributed by atoms with Gasteiger partial charge in [0.1, 0.15) is 0 Å². The average molecular weight is 322 g/mol. The van der Waals surface area contributed by atoms with Crippen LogP contribution in [0.2, 0.25) is 0 Å². The van der Waals surface area contributed by atoms with Gasteiger partial charge < -0.3 is 5.11 Å². The molecule has 0 bridgehead atoms. The van der Waals surface area contributed by atoms with E-state index in [-0.39, 0.29) is 5.56 Å². The van der Waals surface area contributed by atoms with Gasteiger partial charge in [-0.25, -0.2) is 4.39 Å². The summed E-state index contributed by atoms with van der Waals surface area (Å²) in [4.78, 5) is 10.8. The van der Waals surface area contributed by atoms with Crippen molar-refractivity contribution in [1.29, 1.82) is 0 Å². The van der Waals surface area contributed by atoms with Gasteiger partial charge in [-0.05, 0) is 28.8 Å². The van der Waals surface area contributed by atoms with E-state index in [1.807, 2.05) is 43.6 Å². The van der Waals surface area contributed by atoms with Gasteiger partial charge in [0.05, 0.1) is 11.8 Å². The Balaban J connectivity index is 1.82. The van der Waals surface area contributed by atoms with Gasteiger partial charge in [0.25, 0.3) is 0 Å². The van der Waals surface area contributed by atoms with E-state index in [1.165, 1.54) is 12.1 Å². The maximum Gasteiger partial charge on any atom is 0.166 e. The summed E-state index contributed by atoms with van der Waals surface area (Å²) in [5.41, 5.74) is 3.46. The molecule has 0 unspecified atom stereocenters. The molecular weight excluding hydrogens is 307 g/mol. The summed E-state index contributed by atoms with van der Waals surface area (Å²) in [6.45, 7) is 0. The molecule has 0 aliphatic carbocycles. The number of hydrogen-bond donors (Lipinski definition) is 1. The molecule has 1 heterocycles. The van der Waals surface area contributed by atoms with E-state index in [0.29, 0.717) is 11.8 Å². The molecule has 3 aromatic rings. The quantitative estimate of drug-likeness (QED) is 0.585. The van der Waals surface area contributed by atoms with Gasteiger partial charge in [-0.15, -0.1) is 0 Å². The normalized spacial score (nSPS) is 11.1. The summed E-state index contributed by atoms with van der Waals surface area (Å²) in [6, 6.07) is 10.5. The number of carbonyl (C=O) groups is 1. The Bertz CT molecular complexity index is 912. The molecule has 4 nitrogen and oxygen atoms in total. The number of carbonyl (C=O) groups excluding carboxylic acids is 1. The molecule has 0 saturated heterocycles. The Morgan fingerprint density at radius 1 is 1.08 bits per heavy atom. The lowest BCUT2D eigenvalue weighted by atomic mass is 10.1. The van der Waals surface area contributed by atoms with Crippen molar-refractivity contribution in [2.75, 3.05) is 0 Å². The van der Waals surface area contributed by atoms with Crippen LogP contribution in [0, 0.1) is 5.82 Å². The second-order valence-electron chi connectivity index (χ2n) is 5.42. The molecule has 5 heteroatoms. The Hall–Kier alpha value is -3.21. The number of aldehydes is 1. The summed E-state index contributed by atoms with van der Waals surface area (Å²) >= 11 is 0. The van der Waals surface area contributed by atoms with E-state index in [1.54, 1.807) is 17.0 Å². The van der Waals surface area contributed by atoms with Crippen molar-refractivity contribution in [3.63, 3.8) is 0 Å². The fourth-order valence-electron chi connectivity index (χ4n) is 2.38. The van der Waals surface area contributed by atoms with Crippen LogP contribution >= 0.6 is 0 Å². The first-order valence-electron chi connectivity index (χ1n) is 7.31. The second-order valence-corrected chi connectivity index (χ2v) is 5.42. The summed E-state index contributed by atoms with van der Waals surface area (Å²) < 4.78 is 15.3. The average Bonchev–Trinajstić information content (AvgIpc) is 3.02. The van der Waals surface area contributed by atoms with Crippen LogP contribution in [-0.2, 0) is 7.05 Å². The topological polar surface area (TPSA) is 55.1 Å². The number of halogens is 1. The number of phenols is 1. The summed E-state index contributed by atoms with van der Waals surface area (Å²) in [5, 5.41) is 13.6. The monoisotopic (exact) mass is 322 g/mol. The highest BCUT2D eigenvalue weighted by Gasteiger charge is 2.07. The standard InChI is InChI=1S/C19H15FN2O2/c1-22-11-17(10-21-22)15-6-4-13(5-7-15)2-3-14-8-16(12-23)19(24)18(20)9-14/h2-12,24H,1H3/b3-2+. The van der Waals surface area contributed by atoms with Gasteiger partial charge in [0.15, 0.2) is 17.9 Å². The van der Waals surface area contributed by atoms with Crippen molar-refractivity contribution in [2.24, 2.45) is 7.05 Å². The molecule has 24 heavy (non-hydrogen) atoms. The maximum absolute atomic E-state index is 13.5. The van der Waals surface area contributed by atoms with Crippen molar-refractivity contribution in [1.82, 2.24) is 9.78 Å². The third-order valence-corrected chi connectivity index (χ3v) is 3.66. The second kappa shape index (κ2) is 6.50. The van der Waals surface area contributed by atoms with Crippen LogP contribution in [0.25, 0.3) is 23.3 Å². The van der Waals surface area contributed by atoms with Crippen molar-refractivity contribution in [3.05, 3.63) is 71.3 Å². The van der Waals surface area contributed by atoms with Crippen molar-refractivity contribution < 1.29 is 14.3 Å². The molecule has 0 radical (unpaired) electrons. The molecule has 3 rings (SSSR count). The molecule has 2 aromatic carbocycles. The van der Waals surface area contributed by atoms with E-state index < -0.39 is 11.6 Å². The smallest absolute Gasteiger partial charge is 0.166 e. The third-order valence-electron chi connectivity index (χ3n) is 3.66. The first kappa shape index (κ1) is 15.7. The number of hydrogen-bond acceptors (Lipinski definition) is 3. The Morgan fingerprint density at radius 3 is 2.42 bits per heavy atom. The highest BCUT2D eigenvalue weighted by atomic mass is 19.1. The van der Waals surface area contributed by atoms with Crippen molar-refractivity contribution >= 4 is 18.4 Å². The SMILES string of the molecule is Cn1cc(-c2ccc(/C=C/c3cc(F)c(O)c(C=O)c3)cc2)cn1. The van der Waals surface area contributed by atoms with Crippen LogP contribution in [0.3, 0.4) is 0 Å². The van der Waals surface area contributed by atoms with Crippen LogP contribution in [0.15, 0.2) is 48.8 Å². The summed E-state index contributed by atoms with van der Waals surface area (Å²) in [5.74, 6) is -1.44. The number of rotatable bonds is 4. The molecule has 0 fully saturated rings. The van der Waals surface area contributed by atoms with Gasteiger partial charge in [0, 0.05) is 18.8 Å². The first-order valence-corrected chi connectivity index (χ1v) is 7.31. The fraction of sp³-hybridized carbons (Fsp3) is 0.0526. The lowest BCUT2D eigenvalue weighted by Crippen LogP contribution is -1.88. The number of aromatic hydroxyl groups is 1. The largest absolute Gasteiger partial charge is 0.504 e. The Kier molecular flexibility index (Phi) is 4.24. The van der Waals surface area contributed by atoms with Gasteiger partial charge in [-0.2, -0.15) is 5.10 Å². The Morgan fingerprint density at radius 2 is 1.79 bits per heavy atom. The zero-order valence-electron chi connectivity index (χ0n) is 13.0. The Labute approximate surface area is 138 Å². The zero-order chi connectivity index (χ0) is 17.1. The van der Waals surface area contributed by atoms with E-state index >= 15 is 0 Å². The fourth-order valence-corrected chi connectivity index (χ4v) is 2.38. The van der Waals surface area contributed by atoms with Crippen molar-refractivity contribution in [2.45, 2.75) is 0 Å². The summed E-state index contributed by atoms with van der Waals surface area (Å²) in [7, 11) is 1.87. The highest BCUT2D eigenvalue weighted by molar-refractivity contribution is 5.82. The molecule has 0 atom stereocenters. The van der Waals surface area contributed by atoms with E-state index in [2.05, 4.69) is 5.10 Å².